The number of nitrogens with two attached hydrogens (primary N) is 1. The Hall–Kier alpha value is -0.960. The molecule has 0 aromatic carbocycles. The molecule has 0 bridgehead atoms. The number of aryl methyl sites for hydroxylation is 1. The monoisotopic (exact) mass is 154 g/mol. The zero-order valence-electron chi connectivity index (χ0n) is 6.47. The number of rotatable bonds is 2. The highest BCUT2D eigenvalue weighted by Gasteiger charge is 1.99. The summed E-state index contributed by atoms with van der Waals surface area (Å²) in [4.78, 5) is 3.72. The summed E-state index contributed by atoms with van der Waals surface area (Å²) in [6.45, 7) is 2.20. The number of aromatic nitrogens is 1. The SMILES string of the molecule is Cc1ccc(CCN)nc1F. The van der Waals surface area contributed by atoms with Crippen molar-refractivity contribution >= 4 is 0 Å². The van der Waals surface area contributed by atoms with E-state index in [1.165, 1.54) is 0 Å². The zero-order valence-corrected chi connectivity index (χ0v) is 6.47. The lowest BCUT2D eigenvalue weighted by Gasteiger charge is -1.98. The lowest BCUT2D eigenvalue weighted by Crippen LogP contribution is -2.05. The van der Waals surface area contributed by atoms with Gasteiger partial charge in [0.15, 0.2) is 0 Å². The minimum atomic E-state index is -0.393. The van der Waals surface area contributed by atoms with Crippen molar-refractivity contribution in [2.75, 3.05) is 6.54 Å². The van der Waals surface area contributed by atoms with E-state index in [0.29, 0.717) is 18.5 Å². The molecule has 1 heterocycles. The Morgan fingerprint density at radius 2 is 2.27 bits per heavy atom. The van der Waals surface area contributed by atoms with E-state index in [-0.39, 0.29) is 0 Å². The Labute approximate surface area is 65.3 Å². The third kappa shape index (κ3) is 1.98. The zero-order chi connectivity index (χ0) is 8.27. The van der Waals surface area contributed by atoms with Gasteiger partial charge in [-0.05, 0) is 19.5 Å². The molecule has 2 nitrogen and oxygen atoms in total. The Morgan fingerprint density at radius 3 is 2.82 bits per heavy atom. The predicted octanol–water partition coefficient (Wildman–Crippen LogP) is 1.03. The van der Waals surface area contributed by atoms with Crippen molar-refractivity contribution in [3.8, 4) is 0 Å². The highest BCUT2D eigenvalue weighted by molar-refractivity contribution is 5.14. The van der Waals surface area contributed by atoms with Gasteiger partial charge in [0, 0.05) is 17.7 Å². The fourth-order valence-electron chi connectivity index (χ4n) is 0.829. The van der Waals surface area contributed by atoms with E-state index in [1.807, 2.05) is 0 Å². The van der Waals surface area contributed by atoms with Crippen LogP contribution in [-0.4, -0.2) is 11.5 Å². The molecule has 0 saturated carbocycles. The second-order valence-corrected chi connectivity index (χ2v) is 2.45. The molecular weight excluding hydrogens is 143 g/mol. The Balaban J connectivity index is 2.86. The minimum absolute atomic E-state index is 0.393. The molecule has 0 saturated heterocycles. The second-order valence-electron chi connectivity index (χ2n) is 2.45. The van der Waals surface area contributed by atoms with E-state index in [9.17, 15) is 4.39 Å². The second kappa shape index (κ2) is 3.44. The number of hydrogen-bond acceptors (Lipinski definition) is 2. The maximum absolute atomic E-state index is 12.8. The quantitative estimate of drug-likeness (QED) is 0.646. The maximum Gasteiger partial charge on any atom is 0.215 e. The highest BCUT2D eigenvalue weighted by atomic mass is 19.1. The first-order valence-electron chi connectivity index (χ1n) is 3.56. The molecule has 1 aromatic heterocycles. The lowest BCUT2D eigenvalue weighted by molar-refractivity contribution is 0.567. The first-order chi connectivity index (χ1) is 5.24. The van der Waals surface area contributed by atoms with Gasteiger partial charge in [0.1, 0.15) is 0 Å². The van der Waals surface area contributed by atoms with Crippen molar-refractivity contribution in [2.45, 2.75) is 13.3 Å². The van der Waals surface area contributed by atoms with Crippen LogP contribution in [0.25, 0.3) is 0 Å². The highest BCUT2D eigenvalue weighted by Crippen LogP contribution is 2.04. The van der Waals surface area contributed by atoms with Crippen molar-refractivity contribution in [3.63, 3.8) is 0 Å². The molecule has 60 valence electrons. The summed E-state index contributed by atoms with van der Waals surface area (Å²) in [5, 5.41) is 0. The minimum Gasteiger partial charge on any atom is -0.330 e. The molecule has 0 unspecified atom stereocenters. The largest absolute Gasteiger partial charge is 0.330 e. The van der Waals surface area contributed by atoms with Gasteiger partial charge in [-0.3, -0.25) is 0 Å². The normalized spacial score (nSPS) is 10.1. The van der Waals surface area contributed by atoms with Gasteiger partial charge in [-0.2, -0.15) is 4.39 Å². The van der Waals surface area contributed by atoms with Gasteiger partial charge in [-0.15, -0.1) is 0 Å². The predicted molar refractivity (Wildman–Crippen MR) is 41.7 cm³/mol. The van der Waals surface area contributed by atoms with Gasteiger partial charge < -0.3 is 5.73 Å². The van der Waals surface area contributed by atoms with E-state index < -0.39 is 5.95 Å². The number of nitrogens with zero attached hydrogens (tertiary/aromatic N) is 1. The summed E-state index contributed by atoms with van der Waals surface area (Å²) < 4.78 is 12.8. The molecule has 0 amide bonds. The average molecular weight is 154 g/mol. The van der Waals surface area contributed by atoms with Crippen molar-refractivity contribution in [1.29, 1.82) is 0 Å². The van der Waals surface area contributed by atoms with Crippen LogP contribution < -0.4 is 5.73 Å². The van der Waals surface area contributed by atoms with Crippen LogP contribution in [0.15, 0.2) is 12.1 Å². The average Bonchev–Trinajstić information content (AvgIpc) is 1.98. The Kier molecular flexibility index (Phi) is 2.54. The first kappa shape index (κ1) is 8.14. The molecule has 0 radical (unpaired) electrons. The van der Waals surface area contributed by atoms with E-state index in [4.69, 9.17) is 5.73 Å². The molecule has 11 heavy (non-hydrogen) atoms. The van der Waals surface area contributed by atoms with Crippen LogP contribution in [0.3, 0.4) is 0 Å². The molecule has 3 heteroatoms. The van der Waals surface area contributed by atoms with Gasteiger partial charge in [0.05, 0.1) is 0 Å². The van der Waals surface area contributed by atoms with Gasteiger partial charge in [-0.25, -0.2) is 4.98 Å². The molecular formula is C8H11FN2. The molecule has 0 aliphatic carbocycles. The summed E-state index contributed by atoms with van der Waals surface area (Å²) in [5.74, 6) is -0.393. The smallest absolute Gasteiger partial charge is 0.215 e. The summed E-state index contributed by atoms with van der Waals surface area (Å²) in [7, 11) is 0. The number of halogens is 1. The third-order valence-electron chi connectivity index (χ3n) is 1.49. The van der Waals surface area contributed by atoms with Crippen LogP contribution >= 0.6 is 0 Å². The van der Waals surface area contributed by atoms with E-state index in [2.05, 4.69) is 4.98 Å². The van der Waals surface area contributed by atoms with Gasteiger partial charge in [0.25, 0.3) is 0 Å². The fraction of sp³-hybridized carbons (Fsp3) is 0.375. The topological polar surface area (TPSA) is 38.9 Å². The molecule has 0 spiro atoms. The number of pyridine rings is 1. The maximum atomic E-state index is 12.8. The summed E-state index contributed by atoms with van der Waals surface area (Å²) in [5.41, 5.74) is 6.58. The van der Waals surface area contributed by atoms with Crippen LogP contribution in [0.5, 0.6) is 0 Å². The molecule has 1 rings (SSSR count). The molecule has 0 atom stereocenters. The number of hydrogen-bond donors (Lipinski definition) is 1. The van der Waals surface area contributed by atoms with Crippen LogP contribution in [0.1, 0.15) is 11.3 Å². The Bertz CT molecular complexity index is 248. The summed E-state index contributed by atoms with van der Waals surface area (Å²) in [6, 6.07) is 3.51. The van der Waals surface area contributed by atoms with Crippen LogP contribution in [0.4, 0.5) is 4.39 Å². The van der Waals surface area contributed by atoms with Crippen molar-refractivity contribution in [1.82, 2.24) is 4.98 Å². The van der Waals surface area contributed by atoms with E-state index in [1.54, 1.807) is 19.1 Å². The lowest BCUT2D eigenvalue weighted by atomic mass is 10.2. The standard InChI is InChI=1S/C8H11FN2/c1-6-2-3-7(4-5-10)11-8(6)9/h2-3H,4-5,10H2,1H3. The van der Waals surface area contributed by atoms with Gasteiger partial charge in [0.2, 0.25) is 5.95 Å². The molecule has 0 fully saturated rings. The van der Waals surface area contributed by atoms with Crippen LogP contribution in [0, 0.1) is 12.9 Å². The van der Waals surface area contributed by atoms with Gasteiger partial charge in [-0.1, -0.05) is 6.07 Å². The van der Waals surface area contributed by atoms with Crippen molar-refractivity contribution < 1.29 is 4.39 Å². The van der Waals surface area contributed by atoms with Crippen molar-refractivity contribution in [2.24, 2.45) is 5.73 Å². The molecule has 2 N–H and O–H groups in total. The summed E-state index contributed by atoms with van der Waals surface area (Å²) in [6.07, 6.45) is 0.636. The van der Waals surface area contributed by atoms with E-state index >= 15 is 0 Å². The molecule has 0 aliphatic rings. The van der Waals surface area contributed by atoms with E-state index in [0.717, 1.165) is 5.69 Å². The molecule has 0 aliphatic heterocycles. The fourth-order valence-corrected chi connectivity index (χ4v) is 0.829. The van der Waals surface area contributed by atoms with Crippen molar-refractivity contribution in [3.05, 3.63) is 29.3 Å². The summed E-state index contributed by atoms with van der Waals surface area (Å²) >= 11 is 0. The third-order valence-corrected chi connectivity index (χ3v) is 1.49. The molecule has 1 aromatic rings. The van der Waals surface area contributed by atoms with Crippen LogP contribution in [-0.2, 0) is 6.42 Å². The van der Waals surface area contributed by atoms with Crippen LogP contribution in [0.2, 0.25) is 0 Å². The first-order valence-corrected chi connectivity index (χ1v) is 3.56. The Morgan fingerprint density at radius 1 is 1.55 bits per heavy atom. The van der Waals surface area contributed by atoms with Gasteiger partial charge >= 0.3 is 0 Å².